The van der Waals surface area contributed by atoms with E-state index in [9.17, 15) is 4.57 Å². The summed E-state index contributed by atoms with van der Waals surface area (Å²) < 4.78 is 14.5. The highest BCUT2D eigenvalue weighted by atomic mass is 32.2. The Morgan fingerprint density at radius 3 is 1.41 bits per heavy atom. The lowest BCUT2D eigenvalue weighted by atomic mass is 9.92. The smallest absolute Gasteiger partial charge is 0.164 e. The molecular formula is C26H31OPS. The summed E-state index contributed by atoms with van der Waals surface area (Å²) >= 11 is 1.86. The first-order valence-corrected chi connectivity index (χ1v) is 12.7. The van der Waals surface area contributed by atoms with E-state index < -0.39 is 7.14 Å². The van der Waals surface area contributed by atoms with Crippen LogP contribution in [0.3, 0.4) is 0 Å². The molecule has 2 aromatic rings. The molecule has 1 nitrogen and oxygen atoms in total. The minimum absolute atomic E-state index is 0.0397. The number of rotatable bonds is 3. The summed E-state index contributed by atoms with van der Waals surface area (Å²) in [5, 5.41) is 1.74. The summed E-state index contributed by atoms with van der Waals surface area (Å²) in [5.74, 6) is 2.01. The average Bonchev–Trinajstić information content (AvgIpc) is 2.67. The Kier molecular flexibility index (Phi) is 6.18. The molecule has 1 aliphatic rings. The minimum atomic E-state index is -2.91. The lowest BCUT2D eigenvalue weighted by molar-refractivity contribution is 0.521. The maximum Gasteiger partial charge on any atom is 0.164 e. The molecule has 0 bridgehead atoms. The Morgan fingerprint density at radius 1 is 0.690 bits per heavy atom. The van der Waals surface area contributed by atoms with Crippen molar-refractivity contribution >= 4 is 29.5 Å². The Balaban J connectivity index is 2.23. The highest BCUT2D eigenvalue weighted by molar-refractivity contribution is 8.06. The molecule has 0 N–H and O–H groups in total. The first-order valence-electron chi connectivity index (χ1n) is 10.1. The van der Waals surface area contributed by atoms with Crippen LogP contribution in [0.25, 0.3) is 0 Å². The fourth-order valence-corrected chi connectivity index (χ4v) is 6.78. The van der Waals surface area contributed by atoms with Crippen LogP contribution in [-0.2, 0) is 4.57 Å². The van der Waals surface area contributed by atoms with Crippen molar-refractivity contribution in [2.75, 3.05) is 0 Å². The molecule has 0 saturated heterocycles. The van der Waals surface area contributed by atoms with Crippen LogP contribution >= 0.6 is 18.9 Å². The van der Waals surface area contributed by atoms with Crippen LogP contribution in [-0.4, -0.2) is 0 Å². The molecule has 0 aliphatic carbocycles. The van der Waals surface area contributed by atoms with Gasteiger partial charge in [0.2, 0.25) is 0 Å². The van der Waals surface area contributed by atoms with Crippen LogP contribution in [0, 0.1) is 10.8 Å². The van der Waals surface area contributed by atoms with E-state index in [4.69, 9.17) is 0 Å². The molecular weight excluding hydrogens is 391 g/mol. The van der Waals surface area contributed by atoms with Crippen LogP contribution < -0.4 is 10.6 Å². The normalized spacial score (nSPS) is 15.6. The Hall–Kier alpha value is -1.76. The number of benzene rings is 2. The van der Waals surface area contributed by atoms with Crippen molar-refractivity contribution in [1.29, 1.82) is 0 Å². The summed E-state index contributed by atoms with van der Waals surface area (Å²) in [7, 11) is -2.91. The van der Waals surface area contributed by atoms with E-state index in [-0.39, 0.29) is 10.8 Å². The van der Waals surface area contributed by atoms with Crippen molar-refractivity contribution in [2.45, 2.75) is 41.5 Å². The van der Waals surface area contributed by atoms with Gasteiger partial charge in [0.1, 0.15) is 0 Å². The second-order valence-corrected chi connectivity index (χ2v) is 13.3. The summed E-state index contributed by atoms with van der Waals surface area (Å²) in [5.41, 5.74) is 1.12. The van der Waals surface area contributed by atoms with Crippen molar-refractivity contribution in [1.82, 2.24) is 0 Å². The molecule has 0 saturated carbocycles. The zero-order valence-electron chi connectivity index (χ0n) is 18.3. The molecule has 3 heteroatoms. The molecule has 2 aromatic carbocycles. The van der Waals surface area contributed by atoms with E-state index in [1.807, 2.05) is 78.2 Å². The summed E-state index contributed by atoms with van der Waals surface area (Å²) in [4.78, 5) is 2.62. The molecule has 3 rings (SSSR count). The number of thioether (sulfide) groups is 1. The van der Waals surface area contributed by atoms with Crippen molar-refractivity contribution in [3.63, 3.8) is 0 Å². The quantitative estimate of drug-likeness (QED) is 0.477. The predicted molar refractivity (Wildman–Crippen MR) is 131 cm³/mol. The van der Waals surface area contributed by atoms with Gasteiger partial charge in [-0.25, -0.2) is 0 Å². The van der Waals surface area contributed by atoms with Crippen molar-refractivity contribution < 1.29 is 4.57 Å². The van der Waals surface area contributed by atoms with E-state index in [0.717, 1.165) is 16.2 Å². The zero-order chi connectivity index (χ0) is 21.3. The van der Waals surface area contributed by atoms with Gasteiger partial charge in [0, 0.05) is 10.6 Å². The first-order chi connectivity index (χ1) is 13.5. The van der Waals surface area contributed by atoms with E-state index in [1.54, 1.807) is 0 Å². The third-order valence-electron chi connectivity index (χ3n) is 4.90. The van der Waals surface area contributed by atoms with Crippen molar-refractivity contribution in [2.24, 2.45) is 10.8 Å². The van der Waals surface area contributed by atoms with Crippen molar-refractivity contribution in [3.05, 3.63) is 94.0 Å². The van der Waals surface area contributed by atoms with Gasteiger partial charge in [-0.2, -0.15) is 0 Å². The van der Waals surface area contributed by atoms with E-state index in [0.29, 0.717) is 0 Å². The van der Waals surface area contributed by atoms with Gasteiger partial charge in [-0.15, -0.1) is 0 Å². The van der Waals surface area contributed by atoms with Gasteiger partial charge in [-0.3, -0.25) is 0 Å². The molecule has 0 amide bonds. The molecule has 0 atom stereocenters. The second-order valence-electron chi connectivity index (χ2n) is 9.58. The largest absolute Gasteiger partial charge is 0.309 e. The fraction of sp³-hybridized carbons (Fsp3) is 0.308. The lowest BCUT2D eigenvalue weighted by Gasteiger charge is -2.32. The van der Waals surface area contributed by atoms with Gasteiger partial charge in [-0.1, -0.05) is 114 Å². The standard InChI is InChI=1S/C26H31OPS/c1-25(2,3)23-17-20(18-24(29-23)26(4,5)6)19-28(27,21-13-9-7-10-14-21)22-15-11-8-12-16-22/h7-19H,1-6H3. The molecule has 152 valence electrons. The topological polar surface area (TPSA) is 17.1 Å². The molecule has 0 aromatic heterocycles. The molecule has 0 unspecified atom stereocenters. The van der Waals surface area contributed by atoms with E-state index in [2.05, 4.69) is 53.7 Å². The van der Waals surface area contributed by atoms with Crippen LogP contribution in [0.15, 0.2) is 94.0 Å². The Bertz CT molecular complexity index is 925. The number of allylic oxidation sites excluding steroid dienone is 5. The molecule has 1 heterocycles. The highest BCUT2D eigenvalue weighted by Gasteiger charge is 2.30. The predicted octanol–water partition coefficient (Wildman–Crippen LogP) is 7.49. The van der Waals surface area contributed by atoms with Gasteiger partial charge in [0.15, 0.2) is 7.14 Å². The number of hydrogen-bond acceptors (Lipinski definition) is 2. The third kappa shape index (κ3) is 5.05. The van der Waals surface area contributed by atoms with Crippen LogP contribution in [0.5, 0.6) is 0 Å². The third-order valence-corrected chi connectivity index (χ3v) is 9.60. The zero-order valence-corrected chi connectivity index (χ0v) is 20.0. The summed E-state index contributed by atoms with van der Waals surface area (Å²) in [6, 6.07) is 19.7. The maximum atomic E-state index is 14.5. The van der Waals surface area contributed by atoms with Crippen molar-refractivity contribution in [3.8, 4) is 0 Å². The summed E-state index contributed by atoms with van der Waals surface area (Å²) in [6.45, 7) is 13.4. The molecule has 0 fully saturated rings. The highest BCUT2D eigenvalue weighted by Crippen LogP contribution is 2.52. The van der Waals surface area contributed by atoms with Gasteiger partial charge < -0.3 is 4.57 Å². The molecule has 0 spiro atoms. The molecule has 0 radical (unpaired) electrons. The molecule has 1 aliphatic heterocycles. The van der Waals surface area contributed by atoms with Gasteiger partial charge in [0.05, 0.1) is 0 Å². The van der Waals surface area contributed by atoms with E-state index >= 15 is 0 Å². The summed E-state index contributed by atoms with van der Waals surface area (Å²) in [6.07, 6.45) is 4.44. The van der Waals surface area contributed by atoms with Crippen LogP contribution in [0.4, 0.5) is 0 Å². The lowest BCUT2D eigenvalue weighted by Crippen LogP contribution is -2.16. The SMILES string of the molecule is CC(C)(C)C1=CC(=CP(=O)(c2ccccc2)c2ccccc2)C=C(C(C)(C)C)S1. The van der Waals surface area contributed by atoms with Crippen LogP contribution in [0.1, 0.15) is 41.5 Å². The Labute approximate surface area is 180 Å². The Morgan fingerprint density at radius 2 is 1.07 bits per heavy atom. The molecule has 29 heavy (non-hydrogen) atoms. The van der Waals surface area contributed by atoms with Gasteiger partial charge in [0.25, 0.3) is 0 Å². The first kappa shape index (κ1) is 21.9. The number of hydrogen-bond donors (Lipinski definition) is 0. The van der Waals surface area contributed by atoms with Crippen LogP contribution in [0.2, 0.25) is 0 Å². The second kappa shape index (κ2) is 8.17. The minimum Gasteiger partial charge on any atom is -0.309 e. The van der Waals surface area contributed by atoms with E-state index in [1.165, 1.54) is 9.81 Å². The monoisotopic (exact) mass is 422 g/mol. The maximum absolute atomic E-state index is 14.5. The van der Waals surface area contributed by atoms with Gasteiger partial charge >= 0.3 is 0 Å². The van der Waals surface area contributed by atoms with Gasteiger partial charge in [-0.05, 0) is 44.2 Å². The fourth-order valence-electron chi connectivity index (χ4n) is 3.14. The average molecular weight is 423 g/mol.